The number of para-hydroxylation sites is 1. The molecule has 1 aromatic heterocycles. The van der Waals surface area contributed by atoms with Crippen molar-refractivity contribution in [2.75, 3.05) is 5.32 Å². The maximum Gasteiger partial charge on any atom is 0.256 e. The van der Waals surface area contributed by atoms with Crippen molar-refractivity contribution in [3.63, 3.8) is 0 Å². The highest BCUT2D eigenvalue weighted by Gasteiger charge is 2.23. The molecule has 3 rings (SSSR count). The Balaban J connectivity index is 2.13. The van der Waals surface area contributed by atoms with Gasteiger partial charge >= 0.3 is 0 Å². The lowest BCUT2D eigenvalue weighted by Gasteiger charge is -1.97. The molecule has 0 bridgehead atoms. The SMILES string of the molecule is Cc1ccsc1C=C1C(=O)Nc2ccccc21. The summed E-state index contributed by atoms with van der Waals surface area (Å²) in [7, 11) is 0. The predicted molar refractivity (Wildman–Crippen MR) is 72.0 cm³/mol. The molecule has 1 aliphatic rings. The van der Waals surface area contributed by atoms with Crippen molar-refractivity contribution in [2.45, 2.75) is 6.92 Å². The number of nitrogens with one attached hydrogen (secondary N) is 1. The second-order valence-electron chi connectivity index (χ2n) is 4.03. The molecule has 1 amide bonds. The summed E-state index contributed by atoms with van der Waals surface area (Å²) < 4.78 is 0. The van der Waals surface area contributed by atoms with Gasteiger partial charge in [0.1, 0.15) is 0 Å². The van der Waals surface area contributed by atoms with Crippen LogP contribution in [0.1, 0.15) is 16.0 Å². The molecule has 2 nitrogen and oxygen atoms in total. The van der Waals surface area contributed by atoms with E-state index in [1.807, 2.05) is 35.7 Å². The van der Waals surface area contributed by atoms with E-state index in [1.165, 1.54) is 5.56 Å². The molecule has 1 aliphatic heterocycles. The Bertz CT molecular complexity index is 625. The topological polar surface area (TPSA) is 29.1 Å². The monoisotopic (exact) mass is 241 g/mol. The highest BCUT2D eigenvalue weighted by atomic mass is 32.1. The molecule has 0 atom stereocenters. The smallest absolute Gasteiger partial charge is 0.256 e. The molecule has 84 valence electrons. The van der Waals surface area contributed by atoms with Gasteiger partial charge in [0.25, 0.3) is 5.91 Å². The summed E-state index contributed by atoms with van der Waals surface area (Å²) in [5, 5.41) is 4.92. The molecule has 1 aromatic carbocycles. The highest BCUT2D eigenvalue weighted by molar-refractivity contribution is 7.11. The number of hydrogen-bond donors (Lipinski definition) is 1. The lowest BCUT2D eigenvalue weighted by molar-refractivity contribution is -0.110. The maximum absolute atomic E-state index is 11.9. The molecule has 2 aromatic rings. The number of rotatable bonds is 1. The molecule has 0 fully saturated rings. The molecule has 17 heavy (non-hydrogen) atoms. The minimum atomic E-state index is -0.0148. The lowest BCUT2D eigenvalue weighted by Crippen LogP contribution is -2.03. The summed E-state index contributed by atoms with van der Waals surface area (Å²) >= 11 is 1.66. The van der Waals surface area contributed by atoms with Gasteiger partial charge < -0.3 is 5.32 Å². The number of carbonyl (C=O) groups excluding carboxylic acids is 1. The molecule has 0 spiro atoms. The van der Waals surface area contributed by atoms with E-state index in [0.29, 0.717) is 0 Å². The average molecular weight is 241 g/mol. The van der Waals surface area contributed by atoms with Crippen molar-refractivity contribution in [3.05, 3.63) is 51.7 Å². The second-order valence-corrected chi connectivity index (χ2v) is 4.97. The van der Waals surface area contributed by atoms with E-state index in [1.54, 1.807) is 11.3 Å². The zero-order valence-electron chi connectivity index (χ0n) is 9.36. The van der Waals surface area contributed by atoms with Gasteiger partial charge in [0.05, 0.1) is 5.57 Å². The molecule has 1 N–H and O–H groups in total. The van der Waals surface area contributed by atoms with Crippen LogP contribution in [0.4, 0.5) is 5.69 Å². The molecule has 3 heteroatoms. The van der Waals surface area contributed by atoms with Crippen LogP contribution < -0.4 is 5.32 Å². The molecule has 2 heterocycles. The van der Waals surface area contributed by atoms with Crippen molar-refractivity contribution < 1.29 is 4.79 Å². The normalized spacial score (nSPS) is 16.1. The minimum Gasteiger partial charge on any atom is -0.321 e. The first-order valence-electron chi connectivity index (χ1n) is 5.42. The number of thiophene rings is 1. The summed E-state index contributed by atoms with van der Waals surface area (Å²) in [6.07, 6.45) is 1.97. The maximum atomic E-state index is 11.9. The van der Waals surface area contributed by atoms with Crippen molar-refractivity contribution in [2.24, 2.45) is 0 Å². The Hall–Kier alpha value is -1.87. The fourth-order valence-electron chi connectivity index (χ4n) is 1.95. The van der Waals surface area contributed by atoms with Gasteiger partial charge in [0.2, 0.25) is 0 Å². The van der Waals surface area contributed by atoms with E-state index in [0.717, 1.165) is 21.7 Å². The van der Waals surface area contributed by atoms with Crippen LogP contribution in [0.2, 0.25) is 0 Å². The Morgan fingerprint density at radius 3 is 2.82 bits per heavy atom. The van der Waals surface area contributed by atoms with E-state index < -0.39 is 0 Å². The molecule has 0 saturated carbocycles. The van der Waals surface area contributed by atoms with E-state index in [9.17, 15) is 4.79 Å². The molecular formula is C14H11NOS. The van der Waals surface area contributed by atoms with Gasteiger partial charge in [-0.3, -0.25) is 4.79 Å². The van der Waals surface area contributed by atoms with Crippen LogP contribution in [0.3, 0.4) is 0 Å². The zero-order valence-corrected chi connectivity index (χ0v) is 10.2. The van der Waals surface area contributed by atoms with Gasteiger partial charge in [-0.2, -0.15) is 0 Å². The van der Waals surface area contributed by atoms with Crippen LogP contribution >= 0.6 is 11.3 Å². The molecule has 0 unspecified atom stereocenters. The molecular weight excluding hydrogens is 230 g/mol. The van der Waals surface area contributed by atoms with Crippen LogP contribution in [-0.4, -0.2) is 5.91 Å². The van der Waals surface area contributed by atoms with Crippen molar-refractivity contribution >= 4 is 34.6 Å². The number of anilines is 1. The first kappa shape index (κ1) is 10.3. The number of fused-ring (bicyclic) bond motifs is 1. The summed E-state index contributed by atoms with van der Waals surface area (Å²) in [6.45, 7) is 2.06. The predicted octanol–water partition coefficient (Wildman–Crippen LogP) is 3.55. The Labute approximate surface area is 104 Å². The first-order chi connectivity index (χ1) is 8.25. The van der Waals surface area contributed by atoms with Gasteiger partial charge in [0, 0.05) is 16.1 Å². The molecule has 0 aliphatic carbocycles. The van der Waals surface area contributed by atoms with Crippen LogP contribution in [0, 0.1) is 6.92 Å². The lowest BCUT2D eigenvalue weighted by atomic mass is 10.1. The van der Waals surface area contributed by atoms with Crippen molar-refractivity contribution in [1.82, 2.24) is 0 Å². The van der Waals surface area contributed by atoms with Gasteiger partial charge in [0.15, 0.2) is 0 Å². The van der Waals surface area contributed by atoms with Crippen molar-refractivity contribution in [1.29, 1.82) is 0 Å². The van der Waals surface area contributed by atoms with E-state index in [-0.39, 0.29) is 5.91 Å². The van der Waals surface area contributed by atoms with Crippen LogP contribution in [-0.2, 0) is 4.79 Å². The Morgan fingerprint density at radius 2 is 2.06 bits per heavy atom. The summed E-state index contributed by atoms with van der Waals surface area (Å²) in [4.78, 5) is 13.0. The van der Waals surface area contributed by atoms with Gasteiger partial charge in [-0.1, -0.05) is 18.2 Å². The second kappa shape index (κ2) is 3.86. The third-order valence-electron chi connectivity index (χ3n) is 2.89. The fourth-order valence-corrected chi connectivity index (χ4v) is 2.80. The number of carbonyl (C=O) groups is 1. The Morgan fingerprint density at radius 1 is 1.24 bits per heavy atom. The molecule has 0 radical (unpaired) electrons. The van der Waals surface area contributed by atoms with Gasteiger partial charge in [-0.25, -0.2) is 0 Å². The quantitative estimate of drug-likeness (QED) is 0.760. The third-order valence-corrected chi connectivity index (χ3v) is 3.85. The minimum absolute atomic E-state index is 0.0148. The van der Waals surface area contributed by atoms with Crippen molar-refractivity contribution in [3.8, 4) is 0 Å². The van der Waals surface area contributed by atoms with Gasteiger partial charge in [-0.05, 0) is 36.1 Å². The van der Waals surface area contributed by atoms with E-state index in [4.69, 9.17) is 0 Å². The molecule has 0 saturated heterocycles. The number of aryl methyl sites for hydroxylation is 1. The number of hydrogen-bond acceptors (Lipinski definition) is 2. The summed E-state index contributed by atoms with van der Waals surface area (Å²) in [5.74, 6) is -0.0148. The highest BCUT2D eigenvalue weighted by Crippen LogP contribution is 2.33. The standard InChI is InChI=1S/C14H11NOS/c1-9-6-7-17-13(9)8-11-10-4-2-3-5-12(10)15-14(11)16/h2-8H,1H3,(H,15,16). The fraction of sp³-hybridized carbons (Fsp3) is 0.0714. The van der Waals surface area contributed by atoms with Crippen LogP contribution in [0.15, 0.2) is 35.7 Å². The van der Waals surface area contributed by atoms with Gasteiger partial charge in [-0.15, -0.1) is 11.3 Å². The number of benzene rings is 1. The van der Waals surface area contributed by atoms with Crippen LogP contribution in [0.25, 0.3) is 11.6 Å². The summed E-state index contributed by atoms with van der Waals surface area (Å²) in [5.41, 5.74) is 3.86. The zero-order chi connectivity index (χ0) is 11.8. The first-order valence-corrected chi connectivity index (χ1v) is 6.30. The summed E-state index contributed by atoms with van der Waals surface area (Å²) in [6, 6.07) is 9.85. The van der Waals surface area contributed by atoms with E-state index >= 15 is 0 Å². The number of amides is 1. The largest absolute Gasteiger partial charge is 0.321 e. The van der Waals surface area contributed by atoms with E-state index in [2.05, 4.69) is 18.3 Å². The Kier molecular flexibility index (Phi) is 2.34. The van der Waals surface area contributed by atoms with Crippen LogP contribution in [0.5, 0.6) is 0 Å². The third kappa shape index (κ3) is 1.68. The average Bonchev–Trinajstić information content (AvgIpc) is 2.85.